The fourth-order valence-electron chi connectivity index (χ4n) is 2.98. The summed E-state index contributed by atoms with van der Waals surface area (Å²) in [6.07, 6.45) is 3.08. The Hall–Kier alpha value is -2.13. The first-order chi connectivity index (χ1) is 14.8. The van der Waals surface area contributed by atoms with Gasteiger partial charge in [0, 0.05) is 23.8 Å². The molecule has 0 bridgehead atoms. The second kappa shape index (κ2) is 8.78. The van der Waals surface area contributed by atoms with Gasteiger partial charge in [-0.15, -0.1) is 0 Å². The van der Waals surface area contributed by atoms with Crippen molar-refractivity contribution < 1.29 is 13.2 Å². The third kappa shape index (κ3) is 4.43. The lowest BCUT2D eigenvalue weighted by Crippen LogP contribution is -2.13. The monoisotopic (exact) mass is 661 g/mol. The van der Waals surface area contributed by atoms with E-state index in [9.17, 15) is 8.42 Å². The number of fused-ring (bicyclic) bond motifs is 1. The van der Waals surface area contributed by atoms with Gasteiger partial charge in [-0.2, -0.15) is 4.98 Å². The van der Waals surface area contributed by atoms with Gasteiger partial charge in [-0.1, -0.05) is 17.7 Å². The minimum Gasteiger partial charge on any atom is -0.494 e. The Morgan fingerprint density at radius 1 is 1.10 bits per heavy atom. The molecular weight excluding hydrogens is 644 g/mol. The molecule has 0 aliphatic carbocycles. The zero-order chi connectivity index (χ0) is 22.2. The number of hydrogen-bond donors (Lipinski definition) is 1. The van der Waals surface area contributed by atoms with Gasteiger partial charge in [0.2, 0.25) is 5.95 Å². The summed E-state index contributed by atoms with van der Waals surface area (Å²) in [5.74, 6) is 0.876. The topological polar surface area (TPSA) is 89.4 Å². The van der Waals surface area contributed by atoms with Gasteiger partial charge in [-0.25, -0.2) is 17.4 Å². The molecule has 2 heterocycles. The van der Waals surface area contributed by atoms with Crippen LogP contribution in [0.5, 0.6) is 5.75 Å². The van der Waals surface area contributed by atoms with Gasteiger partial charge in [-0.3, -0.25) is 1.33 Å². The van der Waals surface area contributed by atoms with Crippen LogP contribution in [0.3, 0.4) is 0 Å². The number of benzene rings is 2. The van der Waals surface area contributed by atoms with Crippen molar-refractivity contribution in [2.75, 3.05) is 13.8 Å². The average molecular weight is 661 g/mol. The van der Waals surface area contributed by atoms with E-state index in [-0.39, 0.29) is 10.8 Å². The standard InChI is InChI=1S/C20H17I2N5O3S/c1-13-3-6-16(7-4-13)31(28,29)26-10-9-14-12-23-20(25-19(14)26)24-17-8-5-15(27(21)22)11-18(17)30-2/h3-12H,1-2H3,(H,23,24,25). The van der Waals surface area contributed by atoms with Gasteiger partial charge in [0.1, 0.15) is 5.75 Å². The van der Waals surface area contributed by atoms with Crippen molar-refractivity contribution in [3.63, 3.8) is 0 Å². The van der Waals surface area contributed by atoms with Crippen LogP contribution in [0, 0.1) is 6.92 Å². The fourth-order valence-corrected chi connectivity index (χ4v) is 4.88. The minimum absolute atomic E-state index is 0.197. The molecule has 0 aliphatic heterocycles. The zero-order valence-electron chi connectivity index (χ0n) is 16.5. The normalized spacial score (nSPS) is 11.5. The summed E-state index contributed by atoms with van der Waals surface area (Å²) in [6, 6.07) is 14.0. The number of aromatic nitrogens is 3. The molecule has 0 saturated heterocycles. The van der Waals surface area contributed by atoms with Crippen LogP contribution in [-0.2, 0) is 10.0 Å². The summed E-state index contributed by atoms with van der Waals surface area (Å²) in [6.45, 7) is 1.91. The van der Waals surface area contributed by atoms with Crippen LogP contribution >= 0.6 is 45.7 Å². The molecule has 11 heteroatoms. The summed E-state index contributed by atoms with van der Waals surface area (Å²) in [4.78, 5) is 8.98. The fraction of sp³-hybridized carbons (Fsp3) is 0.100. The van der Waals surface area contributed by atoms with Crippen molar-refractivity contribution >= 4 is 84.1 Å². The maximum absolute atomic E-state index is 13.1. The van der Waals surface area contributed by atoms with E-state index >= 15 is 0 Å². The van der Waals surface area contributed by atoms with E-state index in [0.717, 1.165) is 11.3 Å². The van der Waals surface area contributed by atoms with E-state index < -0.39 is 10.0 Å². The second-order valence-corrected chi connectivity index (χ2v) is 12.2. The van der Waals surface area contributed by atoms with Crippen LogP contribution in [0.2, 0.25) is 0 Å². The van der Waals surface area contributed by atoms with E-state index in [1.165, 1.54) is 10.2 Å². The molecular formula is C20H17I2N5O3S. The number of rotatable bonds is 6. The predicted molar refractivity (Wildman–Crippen MR) is 138 cm³/mol. The SMILES string of the molecule is COc1cc(N(I)I)ccc1Nc1ncc2ccn(S(=O)(=O)c3ccc(C)cc3)c2n1. The molecule has 8 nitrogen and oxygen atoms in total. The minimum atomic E-state index is -3.79. The Morgan fingerprint density at radius 3 is 2.52 bits per heavy atom. The lowest BCUT2D eigenvalue weighted by molar-refractivity contribution is 0.417. The first-order valence-corrected chi connectivity index (χ1v) is 12.4. The molecule has 0 atom stereocenters. The first kappa shape index (κ1) is 22.1. The van der Waals surface area contributed by atoms with Crippen molar-refractivity contribution in [2.24, 2.45) is 0 Å². The van der Waals surface area contributed by atoms with Crippen molar-refractivity contribution in [1.82, 2.24) is 13.9 Å². The largest absolute Gasteiger partial charge is 0.494 e. The molecule has 2 aromatic heterocycles. The quantitative estimate of drug-likeness (QED) is 0.224. The number of aryl methyl sites for hydroxylation is 1. The van der Waals surface area contributed by atoms with Crippen LogP contribution in [0.1, 0.15) is 5.56 Å². The molecule has 31 heavy (non-hydrogen) atoms. The summed E-state index contributed by atoms with van der Waals surface area (Å²) in [5, 5.41) is 3.74. The average Bonchev–Trinajstić information content (AvgIpc) is 3.18. The molecule has 0 amide bonds. The molecule has 4 rings (SSSR count). The van der Waals surface area contributed by atoms with Crippen molar-refractivity contribution in [1.29, 1.82) is 0 Å². The Labute approximate surface area is 207 Å². The highest BCUT2D eigenvalue weighted by atomic mass is 127. The van der Waals surface area contributed by atoms with Gasteiger partial charge < -0.3 is 10.1 Å². The lowest BCUT2D eigenvalue weighted by atomic mass is 10.2. The van der Waals surface area contributed by atoms with Crippen LogP contribution in [0.4, 0.5) is 17.3 Å². The van der Waals surface area contributed by atoms with E-state index in [1.54, 1.807) is 43.6 Å². The van der Waals surface area contributed by atoms with Gasteiger partial charge >= 0.3 is 0 Å². The van der Waals surface area contributed by atoms with Crippen molar-refractivity contribution in [3.05, 3.63) is 66.5 Å². The third-order valence-corrected chi connectivity index (χ3v) is 7.39. The van der Waals surface area contributed by atoms with Crippen molar-refractivity contribution in [2.45, 2.75) is 11.8 Å². The number of ether oxygens (including phenoxy) is 1. The molecule has 0 saturated carbocycles. The van der Waals surface area contributed by atoms with Gasteiger partial charge in [0.15, 0.2) is 5.65 Å². The number of nitrogens with one attached hydrogen (secondary N) is 1. The smallest absolute Gasteiger partial charge is 0.269 e. The Bertz CT molecular complexity index is 1360. The van der Waals surface area contributed by atoms with Crippen LogP contribution in [-0.4, -0.2) is 29.5 Å². The van der Waals surface area contributed by atoms with E-state index in [0.29, 0.717) is 22.5 Å². The summed E-state index contributed by atoms with van der Waals surface area (Å²) in [7, 11) is -2.21. The van der Waals surface area contributed by atoms with Crippen LogP contribution in [0.25, 0.3) is 11.0 Å². The summed E-state index contributed by atoms with van der Waals surface area (Å²) >= 11 is 4.33. The highest BCUT2D eigenvalue weighted by Crippen LogP contribution is 2.34. The second-order valence-electron chi connectivity index (χ2n) is 6.64. The van der Waals surface area contributed by atoms with Crippen molar-refractivity contribution in [3.8, 4) is 5.75 Å². The highest BCUT2D eigenvalue weighted by molar-refractivity contribution is 14.2. The van der Waals surface area contributed by atoms with E-state index in [1.807, 2.05) is 26.4 Å². The maximum Gasteiger partial charge on any atom is 0.269 e. The zero-order valence-corrected chi connectivity index (χ0v) is 21.6. The predicted octanol–water partition coefficient (Wildman–Crippen LogP) is 5.24. The Morgan fingerprint density at radius 2 is 1.84 bits per heavy atom. The number of nitrogens with zero attached hydrogens (tertiary/aromatic N) is 4. The molecule has 4 aromatic rings. The molecule has 0 radical (unpaired) electrons. The maximum atomic E-state index is 13.1. The van der Waals surface area contributed by atoms with Crippen LogP contribution < -0.4 is 11.4 Å². The van der Waals surface area contributed by atoms with E-state index in [2.05, 4.69) is 61.0 Å². The number of halogens is 2. The molecule has 2 aromatic carbocycles. The molecule has 0 aliphatic rings. The lowest BCUT2D eigenvalue weighted by Gasteiger charge is -2.14. The number of methoxy groups -OCH3 is 1. The molecule has 160 valence electrons. The highest BCUT2D eigenvalue weighted by Gasteiger charge is 2.20. The number of anilines is 3. The van der Waals surface area contributed by atoms with E-state index in [4.69, 9.17) is 4.74 Å². The first-order valence-electron chi connectivity index (χ1n) is 9.02. The summed E-state index contributed by atoms with van der Waals surface area (Å²) < 4.78 is 34.8. The summed E-state index contributed by atoms with van der Waals surface area (Å²) in [5.41, 5.74) is 2.90. The molecule has 0 spiro atoms. The van der Waals surface area contributed by atoms with Gasteiger partial charge in [-0.05, 0) is 37.3 Å². The van der Waals surface area contributed by atoms with Crippen LogP contribution in [0.15, 0.2) is 65.8 Å². The number of hydrogen-bond acceptors (Lipinski definition) is 7. The Kier molecular flexibility index (Phi) is 6.25. The van der Waals surface area contributed by atoms with Gasteiger partial charge in [0.25, 0.3) is 10.0 Å². The molecule has 0 fully saturated rings. The Balaban J connectivity index is 1.73. The molecule has 0 unspecified atom stereocenters. The molecule has 1 N–H and O–H groups in total. The third-order valence-electron chi connectivity index (χ3n) is 4.60. The van der Waals surface area contributed by atoms with Gasteiger partial charge in [0.05, 0.1) is 69.1 Å².